The monoisotopic (exact) mass is 344 g/mol. The van der Waals surface area contributed by atoms with E-state index in [1.165, 1.54) is 5.56 Å². The number of carbonyl (C=O) groups is 1. The highest BCUT2D eigenvalue weighted by Gasteiger charge is 2.11. The van der Waals surface area contributed by atoms with Gasteiger partial charge in [0.1, 0.15) is 0 Å². The topological polar surface area (TPSA) is 41.1 Å². The van der Waals surface area contributed by atoms with Gasteiger partial charge in [-0.25, -0.2) is 0 Å². The van der Waals surface area contributed by atoms with E-state index in [9.17, 15) is 4.79 Å². The Bertz CT molecular complexity index is 681. The second-order valence-electron chi connectivity index (χ2n) is 6.30. The van der Waals surface area contributed by atoms with Gasteiger partial charge in [-0.15, -0.1) is 0 Å². The molecule has 128 valence electrons. The first-order valence-electron chi connectivity index (χ1n) is 8.32. The maximum absolute atomic E-state index is 12.2. The highest BCUT2D eigenvalue weighted by atomic mass is 35.5. The lowest BCUT2D eigenvalue weighted by atomic mass is 9.98. The summed E-state index contributed by atoms with van der Waals surface area (Å²) in [6.45, 7) is 7.67. The van der Waals surface area contributed by atoms with Crippen molar-refractivity contribution in [2.75, 3.05) is 11.9 Å². The third kappa shape index (κ3) is 5.36. The van der Waals surface area contributed by atoms with Gasteiger partial charge in [0.2, 0.25) is 5.91 Å². The Morgan fingerprint density at radius 2 is 1.83 bits per heavy atom. The van der Waals surface area contributed by atoms with Crippen molar-refractivity contribution in [3.63, 3.8) is 0 Å². The summed E-state index contributed by atoms with van der Waals surface area (Å²) in [5.41, 5.74) is 4.39. The summed E-state index contributed by atoms with van der Waals surface area (Å²) in [7, 11) is 0. The lowest BCUT2D eigenvalue weighted by Gasteiger charge is -2.16. The molecule has 0 radical (unpaired) electrons. The zero-order chi connectivity index (χ0) is 17.5. The number of halogens is 1. The molecule has 2 rings (SSSR count). The van der Waals surface area contributed by atoms with Crippen LogP contribution in [0.2, 0.25) is 5.02 Å². The molecule has 2 aromatic rings. The Morgan fingerprint density at radius 1 is 1.12 bits per heavy atom. The number of carbonyl (C=O) groups excluding carboxylic acids is 1. The number of para-hydroxylation sites is 1. The first-order valence-corrected chi connectivity index (χ1v) is 8.69. The van der Waals surface area contributed by atoms with Crippen LogP contribution >= 0.6 is 11.6 Å². The molecule has 0 bridgehead atoms. The molecule has 0 aliphatic rings. The van der Waals surface area contributed by atoms with E-state index < -0.39 is 0 Å². The van der Waals surface area contributed by atoms with Gasteiger partial charge in [-0.05, 0) is 41.7 Å². The molecule has 0 aliphatic carbocycles. The number of benzene rings is 2. The number of hydrogen-bond acceptors (Lipinski definition) is 2. The van der Waals surface area contributed by atoms with Crippen LogP contribution in [-0.2, 0) is 11.3 Å². The second kappa shape index (κ2) is 8.86. The van der Waals surface area contributed by atoms with E-state index in [4.69, 9.17) is 11.6 Å². The highest BCUT2D eigenvalue weighted by molar-refractivity contribution is 6.30. The van der Waals surface area contributed by atoms with Gasteiger partial charge in [0, 0.05) is 30.2 Å². The zero-order valence-corrected chi connectivity index (χ0v) is 15.3. The predicted molar refractivity (Wildman–Crippen MR) is 102 cm³/mol. The molecule has 0 heterocycles. The maximum Gasteiger partial charge on any atom is 0.225 e. The zero-order valence-electron chi connectivity index (χ0n) is 14.5. The normalized spacial score (nSPS) is 10.9. The van der Waals surface area contributed by atoms with E-state index in [1.54, 1.807) is 0 Å². The molecular weight excluding hydrogens is 320 g/mol. The standard InChI is InChI=1S/C20H25ClN2O/c1-14(2)18-6-4-5-15(3)20(18)23-19(24)11-12-22-13-16-7-9-17(21)10-8-16/h4-10,14,22H,11-13H2,1-3H3,(H,23,24). The average molecular weight is 345 g/mol. The summed E-state index contributed by atoms with van der Waals surface area (Å²) in [5.74, 6) is 0.415. The van der Waals surface area contributed by atoms with Crippen LogP contribution < -0.4 is 10.6 Å². The SMILES string of the molecule is Cc1cccc(C(C)C)c1NC(=O)CCNCc1ccc(Cl)cc1. The first-order chi connectivity index (χ1) is 11.5. The van der Waals surface area contributed by atoms with Crippen molar-refractivity contribution >= 4 is 23.2 Å². The molecule has 24 heavy (non-hydrogen) atoms. The minimum atomic E-state index is 0.0369. The molecule has 0 atom stereocenters. The summed E-state index contributed by atoms with van der Waals surface area (Å²) in [6.07, 6.45) is 0.444. The molecule has 2 aromatic carbocycles. The number of nitrogens with one attached hydrogen (secondary N) is 2. The van der Waals surface area contributed by atoms with Crippen LogP contribution in [0.4, 0.5) is 5.69 Å². The van der Waals surface area contributed by atoms with E-state index in [0.29, 0.717) is 18.9 Å². The quantitative estimate of drug-likeness (QED) is 0.702. The van der Waals surface area contributed by atoms with Gasteiger partial charge < -0.3 is 10.6 Å². The third-order valence-corrected chi connectivity index (χ3v) is 4.21. The van der Waals surface area contributed by atoms with Gasteiger partial charge in [0.25, 0.3) is 0 Å². The van der Waals surface area contributed by atoms with Crippen molar-refractivity contribution in [3.8, 4) is 0 Å². The largest absolute Gasteiger partial charge is 0.326 e. The molecule has 0 fully saturated rings. The molecule has 3 nitrogen and oxygen atoms in total. The van der Waals surface area contributed by atoms with Gasteiger partial charge >= 0.3 is 0 Å². The summed E-state index contributed by atoms with van der Waals surface area (Å²) in [4.78, 5) is 12.2. The molecule has 0 saturated carbocycles. The fourth-order valence-corrected chi connectivity index (χ4v) is 2.71. The van der Waals surface area contributed by atoms with Crippen LogP contribution in [-0.4, -0.2) is 12.5 Å². The number of hydrogen-bond donors (Lipinski definition) is 2. The lowest BCUT2D eigenvalue weighted by Crippen LogP contribution is -2.22. The van der Waals surface area contributed by atoms with Crippen LogP contribution in [0, 0.1) is 6.92 Å². The van der Waals surface area contributed by atoms with E-state index in [1.807, 2.05) is 43.3 Å². The fourth-order valence-electron chi connectivity index (χ4n) is 2.58. The Morgan fingerprint density at radius 3 is 2.50 bits per heavy atom. The average Bonchev–Trinajstić information content (AvgIpc) is 2.55. The number of aryl methyl sites for hydroxylation is 1. The van der Waals surface area contributed by atoms with Crippen molar-refractivity contribution in [2.24, 2.45) is 0 Å². The molecule has 0 spiro atoms. The van der Waals surface area contributed by atoms with Crippen LogP contribution in [0.5, 0.6) is 0 Å². The van der Waals surface area contributed by atoms with E-state index in [-0.39, 0.29) is 5.91 Å². The van der Waals surface area contributed by atoms with E-state index in [2.05, 4.69) is 30.5 Å². The highest BCUT2D eigenvalue weighted by Crippen LogP contribution is 2.27. The predicted octanol–water partition coefficient (Wildman–Crippen LogP) is 4.89. The Kier molecular flexibility index (Phi) is 6.83. The van der Waals surface area contributed by atoms with Crippen molar-refractivity contribution in [1.82, 2.24) is 5.32 Å². The van der Waals surface area contributed by atoms with Gasteiger partial charge in [0.05, 0.1) is 0 Å². The third-order valence-electron chi connectivity index (χ3n) is 3.96. The van der Waals surface area contributed by atoms with Gasteiger partial charge in [-0.3, -0.25) is 4.79 Å². The lowest BCUT2D eigenvalue weighted by molar-refractivity contribution is -0.116. The minimum absolute atomic E-state index is 0.0369. The molecule has 2 N–H and O–H groups in total. The Labute approximate surface area is 149 Å². The number of rotatable bonds is 7. The van der Waals surface area contributed by atoms with E-state index in [0.717, 1.165) is 28.4 Å². The summed E-state index contributed by atoms with van der Waals surface area (Å²) < 4.78 is 0. The van der Waals surface area contributed by atoms with Gasteiger partial charge in [-0.1, -0.05) is 55.8 Å². The Balaban J connectivity index is 1.82. The fraction of sp³-hybridized carbons (Fsp3) is 0.350. The molecule has 1 amide bonds. The first kappa shape index (κ1) is 18.5. The number of amides is 1. The maximum atomic E-state index is 12.2. The molecule has 0 aliphatic heterocycles. The van der Waals surface area contributed by atoms with Gasteiger partial charge in [0.15, 0.2) is 0 Å². The molecule has 0 saturated heterocycles. The smallest absolute Gasteiger partial charge is 0.225 e. The van der Waals surface area contributed by atoms with Crippen LogP contribution in [0.1, 0.15) is 42.9 Å². The van der Waals surface area contributed by atoms with Crippen molar-refractivity contribution < 1.29 is 4.79 Å². The minimum Gasteiger partial charge on any atom is -0.326 e. The Hall–Kier alpha value is -1.84. The summed E-state index contributed by atoms with van der Waals surface area (Å²) in [5, 5.41) is 7.09. The molecule has 0 aromatic heterocycles. The van der Waals surface area contributed by atoms with Gasteiger partial charge in [-0.2, -0.15) is 0 Å². The van der Waals surface area contributed by atoms with Crippen molar-refractivity contribution in [1.29, 1.82) is 0 Å². The van der Waals surface area contributed by atoms with Crippen LogP contribution in [0.25, 0.3) is 0 Å². The van der Waals surface area contributed by atoms with Crippen molar-refractivity contribution in [3.05, 3.63) is 64.2 Å². The molecular formula is C20H25ClN2O. The van der Waals surface area contributed by atoms with Crippen LogP contribution in [0.3, 0.4) is 0 Å². The second-order valence-corrected chi connectivity index (χ2v) is 6.73. The van der Waals surface area contributed by atoms with E-state index >= 15 is 0 Å². The number of anilines is 1. The molecule has 4 heteroatoms. The molecule has 0 unspecified atom stereocenters. The summed E-state index contributed by atoms with van der Waals surface area (Å²) >= 11 is 5.87. The van der Waals surface area contributed by atoms with Crippen molar-refractivity contribution in [2.45, 2.75) is 39.7 Å². The summed E-state index contributed by atoms with van der Waals surface area (Å²) in [6, 6.07) is 13.9. The van der Waals surface area contributed by atoms with Crippen LogP contribution in [0.15, 0.2) is 42.5 Å².